The lowest BCUT2D eigenvalue weighted by Gasteiger charge is -2.31. The maximum absolute atomic E-state index is 12.4. The molecule has 1 N–H and O–H groups in total. The summed E-state index contributed by atoms with van der Waals surface area (Å²) in [4.78, 5) is 16.4. The first-order valence-electron chi connectivity index (χ1n) is 7.64. The van der Waals surface area contributed by atoms with Crippen LogP contribution in [0.15, 0.2) is 17.5 Å². The van der Waals surface area contributed by atoms with Gasteiger partial charge in [-0.3, -0.25) is 0 Å². The number of carbonyl (C=O) groups excluding carboxylic acids is 1. The van der Waals surface area contributed by atoms with Gasteiger partial charge in [0.2, 0.25) is 0 Å². The highest BCUT2D eigenvalue weighted by molar-refractivity contribution is 7.17. The van der Waals surface area contributed by atoms with Gasteiger partial charge in [-0.1, -0.05) is 0 Å². The molecular formula is C16H19N3O2S. The summed E-state index contributed by atoms with van der Waals surface area (Å²) in [5.74, 6) is 0.682. The summed E-state index contributed by atoms with van der Waals surface area (Å²) in [6.07, 6.45) is 0.802. The maximum Gasteiger partial charge on any atom is 0.415 e. The van der Waals surface area contributed by atoms with Crippen LogP contribution in [-0.2, 0) is 6.42 Å². The molecular weight excluding hydrogens is 298 g/mol. The number of fused-ring (bicyclic) bond motifs is 3. The molecule has 0 bridgehead atoms. The van der Waals surface area contributed by atoms with Crippen LogP contribution in [-0.4, -0.2) is 55.7 Å². The van der Waals surface area contributed by atoms with E-state index < -0.39 is 0 Å². The van der Waals surface area contributed by atoms with E-state index >= 15 is 0 Å². The van der Waals surface area contributed by atoms with Crippen molar-refractivity contribution in [2.45, 2.75) is 6.42 Å². The molecule has 22 heavy (non-hydrogen) atoms. The van der Waals surface area contributed by atoms with Gasteiger partial charge in [0.25, 0.3) is 0 Å². The number of nitrogens with zero attached hydrogens (tertiary/aromatic N) is 2. The fourth-order valence-corrected chi connectivity index (χ4v) is 4.01. The third kappa shape index (κ3) is 2.32. The number of hydrogen-bond acceptors (Lipinski definition) is 5. The number of likely N-dealkylation sites (N-methyl/N-ethyl adjacent to an activating group) is 1. The Labute approximate surface area is 133 Å². The van der Waals surface area contributed by atoms with Crippen molar-refractivity contribution < 1.29 is 9.53 Å². The van der Waals surface area contributed by atoms with E-state index in [1.165, 1.54) is 10.9 Å². The van der Waals surface area contributed by atoms with Gasteiger partial charge < -0.3 is 19.9 Å². The molecule has 4 rings (SSSR count). The number of piperazine rings is 1. The summed E-state index contributed by atoms with van der Waals surface area (Å²) in [5.41, 5.74) is 2.45. The fourth-order valence-electron chi connectivity index (χ4n) is 3.14. The molecule has 0 aliphatic carbocycles. The van der Waals surface area contributed by atoms with E-state index in [2.05, 4.69) is 28.7 Å². The Kier molecular flexibility index (Phi) is 3.43. The molecule has 116 valence electrons. The summed E-state index contributed by atoms with van der Waals surface area (Å²) in [6.45, 7) is 4.21. The molecule has 6 heteroatoms. The Morgan fingerprint density at radius 2 is 2.14 bits per heavy atom. The van der Waals surface area contributed by atoms with Crippen LogP contribution in [0.25, 0.3) is 10.1 Å². The Bertz CT molecular complexity index is 719. The average Bonchev–Trinajstić information content (AvgIpc) is 3.16. The molecule has 2 aromatic rings. The Morgan fingerprint density at radius 1 is 1.32 bits per heavy atom. The summed E-state index contributed by atoms with van der Waals surface area (Å²) >= 11 is 1.64. The number of anilines is 1. The molecule has 1 aromatic carbocycles. The first-order chi connectivity index (χ1) is 10.7. The number of rotatable bonds is 1. The number of amides is 1. The summed E-state index contributed by atoms with van der Waals surface area (Å²) < 4.78 is 6.80. The molecule has 1 fully saturated rings. The second kappa shape index (κ2) is 5.44. The molecule has 5 nitrogen and oxygen atoms in total. The van der Waals surface area contributed by atoms with Crippen molar-refractivity contribution in [2.75, 3.05) is 45.1 Å². The number of ether oxygens (including phenoxy) is 1. The van der Waals surface area contributed by atoms with Gasteiger partial charge in [-0.15, -0.1) is 11.3 Å². The Morgan fingerprint density at radius 3 is 2.95 bits per heavy atom. The third-order valence-corrected chi connectivity index (χ3v) is 5.39. The standard InChI is InChI=1S/C16H19N3O2S/c1-18-5-7-19(8-6-18)16(20)21-14-10-13-11(2-4-17-13)12-3-9-22-15(12)14/h3,9-10,17H,2,4-8H2,1H3. The number of thiophene rings is 1. The monoisotopic (exact) mass is 317 g/mol. The predicted molar refractivity (Wildman–Crippen MR) is 89.1 cm³/mol. The quantitative estimate of drug-likeness (QED) is 0.878. The topological polar surface area (TPSA) is 44.8 Å². The minimum Gasteiger partial charge on any atom is -0.409 e. The highest BCUT2D eigenvalue weighted by atomic mass is 32.1. The van der Waals surface area contributed by atoms with Crippen molar-refractivity contribution in [1.82, 2.24) is 9.80 Å². The van der Waals surface area contributed by atoms with E-state index in [9.17, 15) is 4.79 Å². The molecule has 1 amide bonds. The van der Waals surface area contributed by atoms with Crippen LogP contribution in [0.3, 0.4) is 0 Å². The molecule has 1 saturated heterocycles. The van der Waals surface area contributed by atoms with Crippen molar-refractivity contribution in [3.63, 3.8) is 0 Å². The molecule has 0 radical (unpaired) electrons. The highest BCUT2D eigenvalue weighted by Crippen LogP contribution is 2.40. The van der Waals surface area contributed by atoms with Crippen molar-refractivity contribution >= 4 is 33.2 Å². The number of hydrogen-bond donors (Lipinski definition) is 1. The van der Waals surface area contributed by atoms with Crippen LogP contribution in [0.2, 0.25) is 0 Å². The van der Waals surface area contributed by atoms with E-state index in [0.717, 1.165) is 49.5 Å². The Hall–Kier alpha value is -1.79. The van der Waals surface area contributed by atoms with E-state index in [4.69, 9.17) is 4.74 Å². The normalized spacial score (nSPS) is 18.3. The molecule has 1 aromatic heterocycles. The van der Waals surface area contributed by atoms with Gasteiger partial charge in [-0.2, -0.15) is 0 Å². The molecule has 0 saturated carbocycles. The van der Waals surface area contributed by atoms with Crippen LogP contribution in [0.4, 0.5) is 10.5 Å². The zero-order valence-corrected chi connectivity index (χ0v) is 13.4. The first kappa shape index (κ1) is 13.8. The second-order valence-electron chi connectivity index (χ2n) is 5.90. The lowest BCUT2D eigenvalue weighted by atomic mass is 10.1. The van der Waals surface area contributed by atoms with Gasteiger partial charge >= 0.3 is 6.09 Å². The van der Waals surface area contributed by atoms with Crippen LogP contribution < -0.4 is 10.1 Å². The first-order valence-corrected chi connectivity index (χ1v) is 8.52. The van der Waals surface area contributed by atoms with Crippen LogP contribution in [0.1, 0.15) is 5.56 Å². The van der Waals surface area contributed by atoms with Gasteiger partial charge in [0.15, 0.2) is 5.75 Å². The van der Waals surface area contributed by atoms with Crippen LogP contribution >= 0.6 is 11.3 Å². The fraction of sp³-hybridized carbons (Fsp3) is 0.438. The van der Waals surface area contributed by atoms with Gasteiger partial charge in [0.1, 0.15) is 0 Å². The van der Waals surface area contributed by atoms with E-state index in [1.807, 2.05) is 6.07 Å². The van der Waals surface area contributed by atoms with Crippen LogP contribution in [0, 0.1) is 0 Å². The lowest BCUT2D eigenvalue weighted by molar-refractivity contribution is 0.121. The van der Waals surface area contributed by atoms with Gasteiger partial charge in [-0.25, -0.2) is 4.79 Å². The van der Waals surface area contributed by atoms with E-state index in [-0.39, 0.29) is 6.09 Å². The number of carbonyl (C=O) groups is 1. The SMILES string of the molecule is CN1CCN(C(=O)Oc2cc3c(c4ccsc24)CCN3)CC1. The van der Waals surface area contributed by atoms with Crippen molar-refractivity contribution in [3.8, 4) is 5.75 Å². The van der Waals surface area contributed by atoms with Gasteiger partial charge in [0.05, 0.1) is 4.70 Å². The zero-order chi connectivity index (χ0) is 15.1. The molecule has 0 unspecified atom stereocenters. The third-order valence-electron chi connectivity index (χ3n) is 4.46. The average molecular weight is 317 g/mol. The maximum atomic E-state index is 12.4. The molecule has 0 spiro atoms. The van der Waals surface area contributed by atoms with Crippen molar-refractivity contribution in [3.05, 3.63) is 23.1 Å². The molecule has 0 atom stereocenters. The summed E-state index contributed by atoms with van der Waals surface area (Å²) in [5, 5.41) is 6.66. The minimum atomic E-state index is -0.235. The molecule has 2 aliphatic rings. The largest absolute Gasteiger partial charge is 0.415 e. The lowest BCUT2D eigenvalue weighted by Crippen LogP contribution is -2.48. The summed E-state index contributed by atoms with van der Waals surface area (Å²) in [7, 11) is 2.07. The number of benzene rings is 1. The second-order valence-corrected chi connectivity index (χ2v) is 6.82. The predicted octanol–water partition coefficient (Wildman–Crippen LogP) is 2.62. The van der Waals surface area contributed by atoms with Crippen molar-refractivity contribution in [2.24, 2.45) is 0 Å². The number of nitrogens with one attached hydrogen (secondary N) is 1. The zero-order valence-electron chi connectivity index (χ0n) is 12.6. The van der Waals surface area contributed by atoms with Gasteiger partial charge in [-0.05, 0) is 30.5 Å². The molecule has 2 aliphatic heterocycles. The van der Waals surface area contributed by atoms with E-state index in [0.29, 0.717) is 5.75 Å². The van der Waals surface area contributed by atoms with Gasteiger partial charge in [0, 0.05) is 49.9 Å². The highest BCUT2D eigenvalue weighted by Gasteiger charge is 2.23. The van der Waals surface area contributed by atoms with Crippen molar-refractivity contribution in [1.29, 1.82) is 0 Å². The van der Waals surface area contributed by atoms with Crippen LogP contribution in [0.5, 0.6) is 5.75 Å². The van der Waals surface area contributed by atoms with E-state index in [1.54, 1.807) is 16.2 Å². The Balaban J connectivity index is 1.60. The molecule has 3 heterocycles. The smallest absolute Gasteiger partial charge is 0.409 e. The summed E-state index contributed by atoms with van der Waals surface area (Å²) in [6, 6.07) is 4.11. The minimum absolute atomic E-state index is 0.235.